The van der Waals surface area contributed by atoms with Gasteiger partial charge in [0.25, 0.3) is 0 Å². The molecule has 3 heteroatoms. The number of hydrogen-bond donors (Lipinski definition) is 2. The van der Waals surface area contributed by atoms with Gasteiger partial charge in [-0.25, -0.2) is 0 Å². The summed E-state index contributed by atoms with van der Waals surface area (Å²) in [7, 11) is 0. The zero-order valence-corrected chi connectivity index (χ0v) is 14.8. The molecule has 4 fully saturated rings. The van der Waals surface area contributed by atoms with Gasteiger partial charge in [0, 0.05) is 11.6 Å². The van der Waals surface area contributed by atoms with Crippen molar-refractivity contribution in [1.29, 1.82) is 0 Å². The van der Waals surface area contributed by atoms with Crippen LogP contribution in [0.4, 0.5) is 0 Å². The number of benzene rings is 1. The third-order valence-electron chi connectivity index (χ3n) is 6.36. The van der Waals surface area contributed by atoms with Crippen LogP contribution in [0.25, 0.3) is 0 Å². The van der Waals surface area contributed by atoms with Gasteiger partial charge < -0.3 is 11.1 Å². The maximum atomic E-state index is 12.7. The number of nitrogens with two attached hydrogens (primary N) is 1. The van der Waals surface area contributed by atoms with Gasteiger partial charge in [0.2, 0.25) is 5.91 Å². The lowest BCUT2D eigenvalue weighted by Crippen LogP contribution is -2.60. The first kappa shape index (κ1) is 16.1. The van der Waals surface area contributed by atoms with Crippen LogP contribution in [0.15, 0.2) is 24.3 Å². The van der Waals surface area contributed by atoms with Crippen LogP contribution in [0.3, 0.4) is 0 Å². The standard InChI is InChI=1S/C21H30N2O/c1-14(22)5-15-3-2-4-16(6-15)10-20(24)23-21-11-17-7-18(12-21)9-19(8-17)13-21/h2-4,6,14,17-19H,5,7-13,22H2,1H3,(H,23,24)/t14-,17?,18?,19?,21?/m1/s1. The van der Waals surface area contributed by atoms with Crippen LogP contribution in [0.2, 0.25) is 0 Å². The van der Waals surface area contributed by atoms with Gasteiger partial charge in [0.05, 0.1) is 6.42 Å². The van der Waals surface area contributed by atoms with E-state index in [9.17, 15) is 4.79 Å². The monoisotopic (exact) mass is 326 g/mol. The molecule has 130 valence electrons. The van der Waals surface area contributed by atoms with Crippen LogP contribution in [-0.4, -0.2) is 17.5 Å². The average molecular weight is 326 g/mol. The first-order chi connectivity index (χ1) is 11.5. The molecule has 0 heterocycles. The molecule has 4 aliphatic rings. The predicted molar refractivity (Wildman–Crippen MR) is 96.5 cm³/mol. The van der Waals surface area contributed by atoms with Crippen molar-refractivity contribution < 1.29 is 4.79 Å². The van der Waals surface area contributed by atoms with Crippen LogP contribution < -0.4 is 11.1 Å². The quantitative estimate of drug-likeness (QED) is 0.873. The minimum absolute atomic E-state index is 0.120. The summed E-state index contributed by atoms with van der Waals surface area (Å²) in [4.78, 5) is 12.7. The van der Waals surface area contributed by atoms with Crippen molar-refractivity contribution >= 4 is 5.91 Å². The second-order valence-corrected chi connectivity index (χ2v) is 8.92. The average Bonchev–Trinajstić information content (AvgIpc) is 2.44. The first-order valence-electron chi connectivity index (χ1n) is 9.64. The molecular weight excluding hydrogens is 296 g/mol. The van der Waals surface area contributed by atoms with E-state index in [1.54, 1.807) is 0 Å². The molecule has 0 aliphatic heterocycles. The van der Waals surface area contributed by atoms with E-state index < -0.39 is 0 Å². The zero-order valence-electron chi connectivity index (χ0n) is 14.8. The number of carbonyl (C=O) groups excluding carboxylic acids is 1. The van der Waals surface area contributed by atoms with Crippen molar-refractivity contribution in [2.24, 2.45) is 23.5 Å². The Bertz CT molecular complexity index is 587. The van der Waals surface area contributed by atoms with Gasteiger partial charge >= 0.3 is 0 Å². The van der Waals surface area contributed by atoms with Gasteiger partial charge in [0.15, 0.2) is 0 Å². The van der Waals surface area contributed by atoms with Crippen LogP contribution in [0.5, 0.6) is 0 Å². The maximum Gasteiger partial charge on any atom is 0.224 e. The lowest BCUT2D eigenvalue weighted by molar-refractivity contribution is -0.126. The van der Waals surface area contributed by atoms with E-state index in [-0.39, 0.29) is 17.5 Å². The molecular formula is C21H30N2O. The molecule has 24 heavy (non-hydrogen) atoms. The summed E-state index contributed by atoms with van der Waals surface area (Å²) in [6.07, 6.45) is 9.25. The SMILES string of the molecule is C[C@@H](N)Cc1cccc(CC(=O)NC23CC4CC(CC(C4)C2)C3)c1. The molecule has 5 rings (SSSR count). The van der Waals surface area contributed by atoms with E-state index >= 15 is 0 Å². The summed E-state index contributed by atoms with van der Waals surface area (Å²) in [5.41, 5.74) is 8.35. The van der Waals surface area contributed by atoms with Gasteiger partial charge in [-0.1, -0.05) is 24.3 Å². The Balaban J connectivity index is 1.40. The highest BCUT2D eigenvalue weighted by Gasteiger charge is 2.51. The second-order valence-electron chi connectivity index (χ2n) is 8.92. The number of amides is 1. The number of rotatable bonds is 5. The number of carbonyl (C=O) groups is 1. The van der Waals surface area contributed by atoms with E-state index in [1.165, 1.54) is 44.1 Å². The molecule has 1 aromatic carbocycles. The van der Waals surface area contributed by atoms with E-state index in [2.05, 4.69) is 23.5 Å². The molecule has 1 amide bonds. The molecule has 1 aromatic rings. The second kappa shape index (κ2) is 6.18. The molecule has 1 atom stereocenters. The van der Waals surface area contributed by atoms with E-state index in [0.717, 1.165) is 29.7 Å². The molecule has 4 aliphatic carbocycles. The minimum atomic E-state index is 0.120. The minimum Gasteiger partial charge on any atom is -0.350 e. The Morgan fingerprint density at radius 1 is 1.17 bits per heavy atom. The summed E-state index contributed by atoms with van der Waals surface area (Å²) < 4.78 is 0. The molecule has 4 saturated carbocycles. The predicted octanol–water partition coefficient (Wildman–Crippen LogP) is 3.20. The highest BCUT2D eigenvalue weighted by molar-refractivity contribution is 5.79. The highest BCUT2D eigenvalue weighted by Crippen LogP contribution is 2.55. The maximum absolute atomic E-state index is 12.7. The molecule has 4 bridgehead atoms. The Labute approximate surface area is 145 Å². The molecule has 0 radical (unpaired) electrons. The van der Waals surface area contributed by atoms with E-state index in [1.807, 2.05) is 13.0 Å². The van der Waals surface area contributed by atoms with Crippen LogP contribution in [0.1, 0.15) is 56.6 Å². The van der Waals surface area contributed by atoms with Crippen molar-refractivity contribution in [2.45, 2.75) is 69.9 Å². The highest BCUT2D eigenvalue weighted by atomic mass is 16.1. The van der Waals surface area contributed by atoms with Gasteiger partial charge in [-0.15, -0.1) is 0 Å². The van der Waals surface area contributed by atoms with Crippen molar-refractivity contribution in [3.8, 4) is 0 Å². The van der Waals surface area contributed by atoms with Crippen LogP contribution >= 0.6 is 0 Å². The lowest BCUT2D eigenvalue weighted by atomic mass is 9.53. The Hall–Kier alpha value is -1.35. The fraction of sp³-hybridized carbons (Fsp3) is 0.667. The van der Waals surface area contributed by atoms with Gasteiger partial charge in [-0.2, -0.15) is 0 Å². The zero-order chi connectivity index (χ0) is 16.7. The number of hydrogen-bond acceptors (Lipinski definition) is 2. The van der Waals surface area contributed by atoms with Crippen molar-refractivity contribution in [3.05, 3.63) is 35.4 Å². The van der Waals surface area contributed by atoms with Crippen LogP contribution in [-0.2, 0) is 17.6 Å². The fourth-order valence-corrected chi connectivity index (χ4v) is 6.03. The molecule has 0 spiro atoms. The first-order valence-corrected chi connectivity index (χ1v) is 9.64. The smallest absolute Gasteiger partial charge is 0.224 e. The largest absolute Gasteiger partial charge is 0.350 e. The molecule has 0 saturated heterocycles. The summed E-state index contributed by atoms with van der Waals surface area (Å²) >= 11 is 0. The molecule has 0 unspecified atom stereocenters. The van der Waals surface area contributed by atoms with Crippen molar-refractivity contribution in [2.75, 3.05) is 0 Å². The Morgan fingerprint density at radius 2 is 1.75 bits per heavy atom. The molecule has 3 nitrogen and oxygen atoms in total. The van der Waals surface area contributed by atoms with E-state index in [0.29, 0.717) is 6.42 Å². The summed E-state index contributed by atoms with van der Waals surface area (Å²) in [6, 6.07) is 8.50. The fourth-order valence-electron chi connectivity index (χ4n) is 6.03. The summed E-state index contributed by atoms with van der Waals surface area (Å²) in [5, 5.41) is 3.47. The summed E-state index contributed by atoms with van der Waals surface area (Å²) in [6.45, 7) is 2.02. The van der Waals surface area contributed by atoms with Gasteiger partial charge in [0.1, 0.15) is 0 Å². The third kappa shape index (κ3) is 3.37. The molecule has 3 N–H and O–H groups in total. The van der Waals surface area contributed by atoms with E-state index in [4.69, 9.17) is 5.73 Å². The lowest BCUT2D eigenvalue weighted by Gasteiger charge is -2.56. The Morgan fingerprint density at radius 3 is 2.33 bits per heavy atom. The van der Waals surface area contributed by atoms with Crippen LogP contribution in [0, 0.1) is 17.8 Å². The van der Waals surface area contributed by atoms with Gasteiger partial charge in [-0.3, -0.25) is 4.79 Å². The topological polar surface area (TPSA) is 55.1 Å². The van der Waals surface area contributed by atoms with Gasteiger partial charge in [-0.05, 0) is 80.8 Å². The van der Waals surface area contributed by atoms with Crippen molar-refractivity contribution in [1.82, 2.24) is 5.32 Å². The van der Waals surface area contributed by atoms with Crippen molar-refractivity contribution in [3.63, 3.8) is 0 Å². The Kier molecular flexibility index (Phi) is 4.16. The third-order valence-corrected chi connectivity index (χ3v) is 6.36. The normalized spacial score (nSPS) is 35.0. The summed E-state index contributed by atoms with van der Waals surface area (Å²) in [5.74, 6) is 2.80. The number of nitrogens with one attached hydrogen (secondary N) is 1. The molecule has 0 aromatic heterocycles.